The molecule has 1 rings (SSSR count). The molecule has 0 radical (unpaired) electrons. The second kappa shape index (κ2) is 7.76. The Kier molecular flexibility index (Phi) is 6.00. The van der Waals surface area contributed by atoms with E-state index < -0.39 is 18.0 Å². The quantitative estimate of drug-likeness (QED) is 0.699. The molecule has 1 aromatic carbocycles. The van der Waals surface area contributed by atoms with E-state index in [-0.39, 0.29) is 13.2 Å². The lowest BCUT2D eigenvalue weighted by Gasteiger charge is -2.14. The number of nitriles is 1. The van der Waals surface area contributed by atoms with Gasteiger partial charge in [-0.2, -0.15) is 5.26 Å². The molecule has 1 unspecified atom stereocenters. The molecule has 0 aromatic heterocycles. The summed E-state index contributed by atoms with van der Waals surface area (Å²) in [4.78, 5) is 22.4. The minimum absolute atomic E-state index is 0.118. The lowest BCUT2D eigenvalue weighted by molar-refractivity contribution is -0.140. The maximum Gasteiger partial charge on any atom is 0.328 e. The summed E-state index contributed by atoms with van der Waals surface area (Å²) in [5.74, 6) is -1.17. The molecule has 20 heavy (non-hydrogen) atoms. The van der Waals surface area contributed by atoms with E-state index in [2.05, 4.69) is 10.6 Å². The average Bonchev–Trinajstić information content (AvgIpc) is 2.44. The summed E-state index contributed by atoms with van der Waals surface area (Å²) in [7, 11) is 1.35. The smallest absolute Gasteiger partial charge is 0.328 e. The molecule has 0 spiro atoms. The van der Waals surface area contributed by atoms with E-state index in [9.17, 15) is 9.59 Å². The molecule has 0 fully saturated rings. The maximum absolute atomic E-state index is 11.6. The molecule has 0 aliphatic heterocycles. The average molecular weight is 277 g/mol. The Balaban J connectivity index is 2.50. The van der Waals surface area contributed by atoms with Gasteiger partial charge in [0.15, 0.2) is 6.04 Å². The SMILES string of the molecule is COCC(NC(=O)NCc1cccc(C#N)c1)C(=O)O. The van der Waals surface area contributed by atoms with Crippen molar-refractivity contribution < 1.29 is 19.4 Å². The zero-order valence-electron chi connectivity index (χ0n) is 10.9. The minimum Gasteiger partial charge on any atom is -0.480 e. The van der Waals surface area contributed by atoms with Crippen molar-refractivity contribution in [1.29, 1.82) is 5.26 Å². The molecule has 0 aliphatic carbocycles. The number of aliphatic carboxylic acids is 1. The van der Waals surface area contributed by atoms with Gasteiger partial charge in [0.1, 0.15) is 0 Å². The van der Waals surface area contributed by atoms with Crippen LogP contribution >= 0.6 is 0 Å². The normalized spacial score (nSPS) is 11.2. The summed E-state index contributed by atoms with van der Waals surface area (Å²) in [5, 5.41) is 22.4. The number of hydrogen-bond donors (Lipinski definition) is 3. The van der Waals surface area contributed by atoms with Crippen LogP contribution in [-0.2, 0) is 16.1 Å². The summed E-state index contributed by atoms with van der Waals surface area (Å²) in [5.41, 5.74) is 1.24. The number of nitrogens with one attached hydrogen (secondary N) is 2. The van der Waals surface area contributed by atoms with Gasteiger partial charge in [0.05, 0.1) is 18.2 Å². The van der Waals surface area contributed by atoms with E-state index >= 15 is 0 Å². The van der Waals surface area contributed by atoms with Crippen LogP contribution in [0.15, 0.2) is 24.3 Å². The third kappa shape index (κ3) is 4.96. The Morgan fingerprint density at radius 2 is 2.25 bits per heavy atom. The highest BCUT2D eigenvalue weighted by molar-refractivity contribution is 5.82. The summed E-state index contributed by atoms with van der Waals surface area (Å²) < 4.78 is 4.70. The van der Waals surface area contributed by atoms with E-state index in [1.165, 1.54) is 7.11 Å². The molecule has 7 heteroatoms. The number of carboxylic acids is 1. The Morgan fingerprint density at radius 3 is 2.85 bits per heavy atom. The largest absolute Gasteiger partial charge is 0.480 e. The lowest BCUT2D eigenvalue weighted by Crippen LogP contribution is -2.48. The van der Waals surface area contributed by atoms with E-state index in [4.69, 9.17) is 15.1 Å². The molecular weight excluding hydrogens is 262 g/mol. The number of methoxy groups -OCH3 is 1. The third-order valence-corrected chi connectivity index (χ3v) is 2.45. The predicted octanol–water partition coefficient (Wildman–Crippen LogP) is 0.457. The molecule has 3 N–H and O–H groups in total. The van der Waals surface area contributed by atoms with E-state index in [1.54, 1.807) is 24.3 Å². The highest BCUT2D eigenvalue weighted by Crippen LogP contribution is 2.03. The van der Waals surface area contributed by atoms with Gasteiger partial charge in [-0.05, 0) is 17.7 Å². The number of rotatable bonds is 6. The zero-order chi connectivity index (χ0) is 15.0. The van der Waals surface area contributed by atoms with Crippen molar-refractivity contribution in [3.05, 3.63) is 35.4 Å². The van der Waals surface area contributed by atoms with E-state index in [0.29, 0.717) is 5.56 Å². The Labute approximate surface area is 116 Å². The molecule has 2 amide bonds. The Morgan fingerprint density at radius 1 is 1.50 bits per heavy atom. The first-order chi connectivity index (χ1) is 9.56. The minimum atomic E-state index is -1.17. The Hall–Kier alpha value is -2.59. The third-order valence-electron chi connectivity index (χ3n) is 2.45. The first kappa shape index (κ1) is 15.5. The van der Waals surface area contributed by atoms with Gasteiger partial charge in [0.2, 0.25) is 0 Å². The van der Waals surface area contributed by atoms with Gasteiger partial charge < -0.3 is 20.5 Å². The number of ether oxygens (including phenoxy) is 1. The standard InChI is InChI=1S/C13H15N3O4/c1-20-8-11(12(17)18)16-13(19)15-7-10-4-2-3-9(5-10)6-14/h2-5,11H,7-8H2,1H3,(H,17,18)(H2,15,16,19). The van der Waals surface area contributed by atoms with Crippen LogP contribution in [0.4, 0.5) is 4.79 Å². The highest BCUT2D eigenvalue weighted by Gasteiger charge is 2.19. The van der Waals surface area contributed by atoms with Crippen LogP contribution in [0, 0.1) is 11.3 Å². The molecule has 0 saturated heterocycles. The molecule has 7 nitrogen and oxygen atoms in total. The molecule has 0 saturated carbocycles. The fourth-order valence-electron chi connectivity index (χ4n) is 1.48. The fraction of sp³-hybridized carbons (Fsp3) is 0.308. The molecule has 0 bridgehead atoms. The molecule has 0 heterocycles. The van der Waals surface area contributed by atoms with Gasteiger partial charge in [0.25, 0.3) is 0 Å². The molecule has 1 atom stereocenters. The van der Waals surface area contributed by atoms with Crippen molar-refractivity contribution in [2.45, 2.75) is 12.6 Å². The molecule has 0 aliphatic rings. The van der Waals surface area contributed by atoms with Gasteiger partial charge in [-0.1, -0.05) is 12.1 Å². The first-order valence-electron chi connectivity index (χ1n) is 5.82. The maximum atomic E-state index is 11.6. The number of amides is 2. The van der Waals surface area contributed by atoms with E-state index in [0.717, 1.165) is 5.56 Å². The van der Waals surface area contributed by atoms with Crippen LogP contribution < -0.4 is 10.6 Å². The van der Waals surface area contributed by atoms with Crippen molar-refractivity contribution in [1.82, 2.24) is 10.6 Å². The zero-order valence-corrected chi connectivity index (χ0v) is 10.9. The molecule has 1 aromatic rings. The Bertz CT molecular complexity index is 525. The number of carboxylic acid groups (broad SMARTS) is 1. The second-order valence-electron chi connectivity index (χ2n) is 3.99. The topological polar surface area (TPSA) is 111 Å². The first-order valence-corrected chi connectivity index (χ1v) is 5.82. The molecule has 106 valence electrons. The predicted molar refractivity (Wildman–Crippen MR) is 69.8 cm³/mol. The van der Waals surface area contributed by atoms with Crippen LogP contribution in [-0.4, -0.2) is 36.9 Å². The second-order valence-corrected chi connectivity index (χ2v) is 3.99. The number of nitrogens with zero attached hydrogens (tertiary/aromatic N) is 1. The fourth-order valence-corrected chi connectivity index (χ4v) is 1.48. The van der Waals surface area contributed by atoms with Crippen LogP contribution in [0.5, 0.6) is 0 Å². The van der Waals surface area contributed by atoms with E-state index in [1.807, 2.05) is 6.07 Å². The monoisotopic (exact) mass is 277 g/mol. The number of benzene rings is 1. The summed E-state index contributed by atoms with van der Waals surface area (Å²) >= 11 is 0. The van der Waals surface area contributed by atoms with Crippen LogP contribution in [0.3, 0.4) is 0 Å². The number of urea groups is 1. The van der Waals surface area contributed by atoms with Gasteiger partial charge in [-0.25, -0.2) is 9.59 Å². The van der Waals surface area contributed by atoms with Crippen LogP contribution in [0.25, 0.3) is 0 Å². The summed E-state index contributed by atoms with van der Waals surface area (Å²) in [6.45, 7) is 0.0767. The summed E-state index contributed by atoms with van der Waals surface area (Å²) in [6, 6.07) is 7.04. The van der Waals surface area contributed by atoms with Gasteiger partial charge in [0, 0.05) is 13.7 Å². The van der Waals surface area contributed by atoms with Crippen molar-refractivity contribution in [2.75, 3.05) is 13.7 Å². The number of carbonyl (C=O) groups is 2. The molecular formula is C13H15N3O4. The van der Waals surface area contributed by atoms with Gasteiger partial charge in [-0.3, -0.25) is 0 Å². The van der Waals surface area contributed by atoms with Gasteiger partial charge in [-0.15, -0.1) is 0 Å². The number of hydrogen-bond acceptors (Lipinski definition) is 4. The number of carbonyl (C=O) groups excluding carboxylic acids is 1. The lowest BCUT2D eigenvalue weighted by atomic mass is 10.1. The highest BCUT2D eigenvalue weighted by atomic mass is 16.5. The van der Waals surface area contributed by atoms with Crippen molar-refractivity contribution >= 4 is 12.0 Å². The summed E-state index contributed by atoms with van der Waals surface area (Å²) in [6.07, 6.45) is 0. The van der Waals surface area contributed by atoms with Gasteiger partial charge >= 0.3 is 12.0 Å². The van der Waals surface area contributed by atoms with Crippen molar-refractivity contribution in [2.24, 2.45) is 0 Å². The van der Waals surface area contributed by atoms with Crippen LogP contribution in [0.1, 0.15) is 11.1 Å². The van der Waals surface area contributed by atoms with Crippen molar-refractivity contribution in [3.63, 3.8) is 0 Å². The van der Waals surface area contributed by atoms with Crippen molar-refractivity contribution in [3.8, 4) is 6.07 Å². The van der Waals surface area contributed by atoms with Crippen LogP contribution in [0.2, 0.25) is 0 Å².